The summed E-state index contributed by atoms with van der Waals surface area (Å²) in [6.07, 6.45) is 1.89. The van der Waals surface area contributed by atoms with Crippen LogP contribution in [0, 0.1) is 20.8 Å². The quantitative estimate of drug-likeness (QED) is 0.709. The predicted octanol–water partition coefficient (Wildman–Crippen LogP) is 3.32. The highest BCUT2D eigenvalue weighted by Crippen LogP contribution is 2.19. The number of rotatable bonds is 4. The molecule has 0 fully saturated rings. The lowest BCUT2D eigenvalue weighted by atomic mass is 10.1. The first-order valence-corrected chi connectivity index (χ1v) is 8.98. The number of nitrogens with one attached hydrogen (secondary N) is 1. The molecule has 0 aliphatic carbocycles. The summed E-state index contributed by atoms with van der Waals surface area (Å²) < 4.78 is 6.71. The normalized spacial score (nSPS) is 11.5. The Balaban J connectivity index is 1.97. The molecule has 0 saturated carbocycles. The van der Waals surface area contributed by atoms with Crippen LogP contribution in [-0.4, -0.2) is 28.5 Å². The maximum absolute atomic E-state index is 12.8. The molecule has 144 valence electrons. The third kappa shape index (κ3) is 3.96. The number of ether oxygens (including phenoxy) is 1. The van der Waals surface area contributed by atoms with Crippen LogP contribution < -0.4 is 5.49 Å². The lowest BCUT2D eigenvalue weighted by molar-refractivity contribution is 0.0599. The number of pyridine rings is 1. The fourth-order valence-electron chi connectivity index (χ4n) is 3.12. The van der Waals surface area contributed by atoms with Gasteiger partial charge in [-0.3, -0.25) is 4.79 Å². The lowest BCUT2D eigenvalue weighted by Gasteiger charge is -2.08. The van der Waals surface area contributed by atoms with Gasteiger partial charge in [0.25, 0.3) is 5.91 Å². The molecule has 1 aromatic carbocycles. The van der Waals surface area contributed by atoms with Crippen LogP contribution >= 0.6 is 0 Å². The summed E-state index contributed by atoms with van der Waals surface area (Å²) in [5.41, 5.74) is 4.65. The number of nitrogens with zero attached hydrogens (tertiary/aromatic N) is 2. The molecule has 1 amide bonds. The second-order valence-electron chi connectivity index (χ2n) is 6.71. The van der Waals surface area contributed by atoms with E-state index < -0.39 is 11.9 Å². The van der Waals surface area contributed by atoms with Crippen molar-refractivity contribution in [3.63, 3.8) is 0 Å². The standard InChI is InChI=1S/C22H23N3O3/c1-14-8-10-17(11-9-14)13-25-12-6-5-7-18(25)24-21(26)20-15(2)19(16(3)23-20)22(27)28-4/h5-12,23H,13H2,1-4H3. The Morgan fingerprint density at radius 2 is 1.79 bits per heavy atom. The van der Waals surface area contributed by atoms with Gasteiger partial charge in [-0.2, -0.15) is 4.99 Å². The molecular weight excluding hydrogens is 354 g/mol. The van der Waals surface area contributed by atoms with Crippen LogP contribution in [-0.2, 0) is 11.3 Å². The topological polar surface area (TPSA) is 76.5 Å². The number of H-pyrrole nitrogens is 1. The van der Waals surface area contributed by atoms with E-state index in [1.165, 1.54) is 12.7 Å². The summed E-state index contributed by atoms with van der Waals surface area (Å²) in [6.45, 7) is 6.09. The van der Waals surface area contributed by atoms with Gasteiger partial charge < -0.3 is 14.3 Å². The number of carbonyl (C=O) groups excluding carboxylic acids is 2. The number of hydrogen-bond acceptors (Lipinski definition) is 3. The van der Waals surface area contributed by atoms with Crippen molar-refractivity contribution in [3.05, 3.63) is 87.8 Å². The second-order valence-corrected chi connectivity index (χ2v) is 6.71. The average Bonchev–Trinajstić information content (AvgIpc) is 2.99. The Morgan fingerprint density at radius 1 is 1.07 bits per heavy atom. The zero-order chi connectivity index (χ0) is 20.3. The molecule has 28 heavy (non-hydrogen) atoms. The Kier molecular flexibility index (Phi) is 5.59. The zero-order valence-electron chi connectivity index (χ0n) is 16.4. The summed E-state index contributed by atoms with van der Waals surface area (Å²) in [6, 6.07) is 13.8. The maximum atomic E-state index is 12.8. The van der Waals surface area contributed by atoms with Crippen molar-refractivity contribution in [1.82, 2.24) is 9.55 Å². The van der Waals surface area contributed by atoms with Gasteiger partial charge in [0.1, 0.15) is 11.2 Å². The molecule has 0 aliphatic rings. The van der Waals surface area contributed by atoms with E-state index in [-0.39, 0.29) is 0 Å². The van der Waals surface area contributed by atoms with Crippen molar-refractivity contribution >= 4 is 11.9 Å². The van der Waals surface area contributed by atoms with Crippen LogP contribution in [0.4, 0.5) is 0 Å². The molecule has 0 saturated heterocycles. The summed E-state index contributed by atoms with van der Waals surface area (Å²) in [5, 5.41) is 0. The number of aromatic amines is 1. The molecule has 6 heteroatoms. The van der Waals surface area contributed by atoms with E-state index in [1.54, 1.807) is 19.9 Å². The lowest BCUT2D eigenvalue weighted by Crippen LogP contribution is -2.22. The van der Waals surface area contributed by atoms with Crippen molar-refractivity contribution < 1.29 is 14.3 Å². The highest BCUT2D eigenvalue weighted by molar-refractivity contribution is 6.00. The van der Waals surface area contributed by atoms with Crippen LogP contribution in [0.1, 0.15) is 43.2 Å². The molecule has 3 aromatic rings. The van der Waals surface area contributed by atoms with Crippen molar-refractivity contribution in [2.24, 2.45) is 4.99 Å². The Hall–Kier alpha value is -3.41. The minimum absolute atomic E-state index is 0.295. The molecule has 3 rings (SSSR count). The van der Waals surface area contributed by atoms with Crippen molar-refractivity contribution in [2.75, 3.05) is 7.11 Å². The number of aryl methyl sites for hydroxylation is 2. The van der Waals surface area contributed by atoms with Gasteiger partial charge in [0.15, 0.2) is 0 Å². The van der Waals surface area contributed by atoms with Gasteiger partial charge in [0.2, 0.25) is 0 Å². The van der Waals surface area contributed by atoms with E-state index in [1.807, 2.05) is 29.8 Å². The van der Waals surface area contributed by atoms with Crippen LogP contribution in [0.5, 0.6) is 0 Å². The van der Waals surface area contributed by atoms with Gasteiger partial charge in [-0.15, -0.1) is 0 Å². The molecule has 1 N–H and O–H groups in total. The maximum Gasteiger partial charge on any atom is 0.339 e. The first-order chi connectivity index (χ1) is 13.4. The second kappa shape index (κ2) is 8.08. The summed E-state index contributed by atoms with van der Waals surface area (Å²) in [5.74, 6) is -0.904. The third-order valence-corrected chi connectivity index (χ3v) is 4.65. The average molecular weight is 377 g/mol. The molecular formula is C22H23N3O3. The number of aromatic nitrogens is 2. The largest absolute Gasteiger partial charge is 0.465 e. The minimum atomic E-state index is -0.473. The molecule has 2 aromatic heterocycles. The van der Waals surface area contributed by atoms with Crippen LogP contribution in [0.3, 0.4) is 0 Å². The molecule has 0 spiro atoms. The number of amides is 1. The summed E-state index contributed by atoms with van der Waals surface area (Å²) in [7, 11) is 1.32. The van der Waals surface area contributed by atoms with E-state index in [4.69, 9.17) is 4.74 Å². The van der Waals surface area contributed by atoms with Crippen molar-refractivity contribution in [3.8, 4) is 0 Å². The molecule has 2 heterocycles. The van der Waals surface area contributed by atoms with Gasteiger partial charge in [-0.05, 0) is 44.0 Å². The van der Waals surface area contributed by atoms with Crippen LogP contribution in [0.2, 0.25) is 0 Å². The predicted molar refractivity (Wildman–Crippen MR) is 106 cm³/mol. The fraction of sp³-hybridized carbons (Fsp3) is 0.227. The molecule has 0 aliphatic heterocycles. The number of hydrogen-bond donors (Lipinski definition) is 1. The highest BCUT2D eigenvalue weighted by atomic mass is 16.5. The SMILES string of the molecule is COC(=O)c1c(C)[nH]c(C(=O)N=c2ccccn2Cc2ccc(C)cc2)c1C. The first kappa shape index (κ1) is 19.4. The number of esters is 1. The Morgan fingerprint density at radius 3 is 2.46 bits per heavy atom. The van der Waals surface area contributed by atoms with E-state index in [0.717, 1.165) is 5.56 Å². The number of methoxy groups -OCH3 is 1. The monoisotopic (exact) mass is 377 g/mol. The van der Waals surface area contributed by atoms with Gasteiger partial charge in [-0.25, -0.2) is 4.79 Å². The van der Waals surface area contributed by atoms with Gasteiger partial charge in [-0.1, -0.05) is 35.9 Å². The molecule has 0 bridgehead atoms. The number of benzene rings is 1. The fourth-order valence-corrected chi connectivity index (χ4v) is 3.12. The van der Waals surface area contributed by atoms with E-state index in [9.17, 15) is 9.59 Å². The summed E-state index contributed by atoms with van der Waals surface area (Å²) in [4.78, 5) is 32.0. The third-order valence-electron chi connectivity index (χ3n) is 4.65. The van der Waals surface area contributed by atoms with Crippen LogP contribution in [0.25, 0.3) is 0 Å². The van der Waals surface area contributed by atoms with E-state index in [2.05, 4.69) is 34.2 Å². The summed E-state index contributed by atoms with van der Waals surface area (Å²) >= 11 is 0. The van der Waals surface area contributed by atoms with Gasteiger partial charge in [0.05, 0.1) is 12.7 Å². The highest BCUT2D eigenvalue weighted by Gasteiger charge is 2.22. The minimum Gasteiger partial charge on any atom is -0.465 e. The Labute approximate surface area is 163 Å². The molecule has 6 nitrogen and oxygen atoms in total. The molecule has 0 unspecified atom stereocenters. The van der Waals surface area contributed by atoms with Gasteiger partial charge in [0, 0.05) is 18.4 Å². The number of carbonyl (C=O) groups is 2. The van der Waals surface area contributed by atoms with E-state index >= 15 is 0 Å². The first-order valence-electron chi connectivity index (χ1n) is 8.98. The smallest absolute Gasteiger partial charge is 0.339 e. The van der Waals surface area contributed by atoms with Crippen molar-refractivity contribution in [1.29, 1.82) is 0 Å². The van der Waals surface area contributed by atoms with Gasteiger partial charge >= 0.3 is 5.97 Å². The van der Waals surface area contributed by atoms with Crippen LogP contribution in [0.15, 0.2) is 53.7 Å². The van der Waals surface area contributed by atoms with E-state index in [0.29, 0.717) is 34.5 Å². The molecule has 0 atom stereocenters. The molecule has 0 radical (unpaired) electrons. The Bertz CT molecular complexity index is 1090. The van der Waals surface area contributed by atoms with Crippen molar-refractivity contribution in [2.45, 2.75) is 27.3 Å². The zero-order valence-corrected chi connectivity index (χ0v) is 16.4.